The fraction of sp³-hybridized carbons (Fsp3) is 0.462. The van der Waals surface area contributed by atoms with Crippen LogP contribution in [0.15, 0.2) is 24.3 Å². The number of benzene rings is 1. The molecule has 1 amide bonds. The lowest BCUT2D eigenvalue weighted by molar-refractivity contribution is -0.137. The van der Waals surface area contributed by atoms with Crippen molar-refractivity contribution >= 4 is 5.91 Å². The first kappa shape index (κ1) is 15.5. The van der Waals surface area contributed by atoms with E-state index in [1.54, 1.807) is 14.0 Å². The van der Waals surface area contributed by atoms with Crippen molar-refractivity contribution in [2.75, 3.05) is 13.6 Å². The number of rotatable bonds is 4. The first-order valence-corrected chi connectivity index (χ1v) is 5.87. The number of nitrogens with zero attached hydrogens (tertiary/aromatic N) is 1. The molecule has 3 nitrogen and oxygen atoms in total. The van der Waals surface area contributed by atoms with Gasteiger partial charge in [-0.25, -0.2) is 0 Å². The number of nitrogens with two attached hydrogens (primary N) is 1. The molecule has 1 atom stereocenters. The Morgan fingerprint density at radius 3 is 2.26 bits per heavy atom. The molecule has 0 bridgehead atoms. The number of carbonyl (C=O) groups excluding carboxylic acids is 1. The van der Waals surface area contributed by atoms with E-state index in [0.717, 1.165) is 12.1 Å². The van der Waals surface area contributed by atoms with Crippen molar-refractivity contribution in [1.82, 2.24) is 4.90 Å². The van der Waals surface area contributed by atoms with Gasteiger partial charge in [0.1, 0.15) is 0 Å². The molecule has 1 aromatic carbocycles. The summed E-state index contributed by atoms with van der Waals surface area (Å²) < 4.78 is 37.2. The van der Waals surface area contributed by atoms with Crippen LogP contribution in [0.3, 0.4) is 0 Å². The minimum Gasteiger partial charge on any atom is -0.341 e. The van der Waals surface area contributed by atoms with Gasteiger partial charge in [0.25, 0.3) is 0 Å². The molecule has 0 spiro atoms. The van der Waals surface area contributed by atoms with E-state index in [0.29, 0.717) is 5.56 Å². The van der Waals surface area contributed by atoms with Crippen LogP contribution in [0.2, 0.25) is 0 Å². The van der Waals surface area contributed by atoms with Crippen LogP contribution in [0.25, 0.3) is 0 Å². The average molecular weight is 274 g/mol. The van der Waals surface area contributed by atoms with Gasteiger partial charge < -0.3 is 10.6 Å². The third kappa shape index (κ3) is 4.24. The molecule has 0 aliphatic rings. The summed E-state index contributed by atoms with van der Waals surface area (Å²) in [7, 11) is 1.60. The van der Waals surface area contributed by atoms with Gasteiger partial charge in [-0.15, -0.1) is 0 Å². The fourth-order valence-electron chi connectivity index (χ4n) is 1.63. The van der Waals surface area contributed by atoms with Gasteiger partial charge in [0.05, 0.1) is 5.56 Å². The van der Waals surface area contributed by atoms with E-state index in [9.17, 15) is 18.0 Å². The van der Waals surface area contributed by atoms with Gasteiger partial charge in [0.15, 0.2) is 0 Å². The van der Waals surface area contributed by atoms with Crippen molar-refractivity contribution in [3.05, 3.63) is 35.4 Å². The summed E-state index contributed by atoms with van der Waals surface area (Å²) in [6.07, 6.45) is -4.34. The Labute approximate surface area is 110 Å². The molecule has 0 heterocycles. The van der Waals surface area contributed by atoms with Crippen LogP contribution in [-0.2, 0) is 17.5 Å². The molecule has 0 aromatic heterocycles. The number of carbonyl (C=O) groups is 1. The van der Waals surface area contributed by atoms with Crippen molar-refractivity contribution in [2.45, 2.75) is 19.6 Å². The minimum absolute atomic E-state index is 0.123. The predicted octanol–water partition coefficient (Wildman–Crippen LogP) is 2.26. The zero-order valence-electron chi connectivity index (χ0n) is 10.9. The van der Waals surface area contributed by atoms with E-state index in [-0.39, 0.29) is 24.9 Å². The van der Waals surface area contributed by atoms with Gasteiger partial charge >= 0.3 is 6.18 Å². The standard InChI is InChI=1S/C13H17F3N2O/c1-9(7-17)12(19)18(2)8-10-3-5-11(6-4-10)13(14,15)16/h3-6,9H,7-8,17H2,1-2H3. The number of hydrogen-bond donors (Lipinski definition) is 1. The Bertz CT molecular complexity index is 429. The van der Waals surface area contributed by atoms with E-state index in [2.05, 4.69) is 0 Å². The first-order chi connectivity index (χ1) is 8.75. The SMILES string of the molecule is CC(CN)C(=O)N(C)Cc1ccc(C(F)(F)F)cc1. The molecule has 2 N–H and O–H groups in total. The van der Waals surface area contributed by atoms with E-state index >= 15 is 0 Å². The maximum atomic E-state index is 12.4. The first-order valence-electron chi connectivity index (χ1n) is 5.87. The molecular formula is C13H17F3N2O. The Morgan fingerprint density at radius 1 is 1.32 bits per heavy atom. The summed E-state index contributed by atoms with van der Waals surface area (Å²) >= 11 is 0. The highest BCUT2D eigenvalue weighted by Gasteiger charge is 2.30. The van der Waals surface area contributed by atoms with Gasteiger partial charge in [-0.3, -0.25) is 4.79 Å². The van der Waals surface area contributed by atoms with E-state index in [4.69, 9.17) is 5.73 Å². The molecule has 1 rings (SSSR count). The lowest BCUT2D eigenvalue weighted by Gasteiger charge is -2.20. The maximum absolute atomic E-state index is 12.4. The van der Waals surface area contributed by atoms with Crippen molar-refractivity contribution in [1.29, 1.82) is 0 Å². The van der Waals surface area contributed by atoms with Crippen molar-refractivity contribution in [3.8, 4) is 0 Å². The predicted molar refractivity (Wildman–Crippen MR) is 66.1 cm³/mol. The normalized spacial score (nSPS) is 13.2. The third-order valence-electron chi connectivity index (χ3n) is 2.85. The van der Waals surface area contributed by atoms with E-state index in [1.807, 2.05) is 0 Å². The van der Waals surface area contributed by atoms with Crippen molar-refractivity contribution in [3.63, 3.8) is 0 Å². The Balaban J connectivity index is 2.71. The van der Waals surface area contributed by atoms with Gasteiger partial charge in [-0.1, -0.05) is 19.1 Å². The second-order valence-electron chi connectivity index (χ2n) is 4.53. The van der Waals surface area contributed by atoms with E-state index < -0.39 is 11.7 Å². The van der Waals surface area contributed by atoms with Crippen molar-refractivity contribution < 1.29 is 18.0 Å². The zero-order valence-corrected chi connectivity index (χ0v) is 10.9. The summed E-state index contributed by atoms with van der Waals surface area (Å²) in [4.78, 5) is 13.2. The minimum atomic E-state index is -4.34. The van der Waals surface area contributed by atoms with Crippen LogP contribution in [0.5, 0.6) is 0 Å². The monoisotopic (exact) mass is 274 g/mol. The topological polar surface area (TPSA) is 46.3 Å². The van der Waals surface area contributed by atoms with E-state index in [1.165, 1.54) is 17.0 Å². The van der Waals surface area contributed by atoms with Gasteiger partial charge in [0.2, 0.25) is 5.91 Å². The fourth-order valence-corrected chi connectivity index (χ4v) is 1.63. The Kier molecular flexibility index (Phi) is 4.94. The summed E-state index contributed by atoms with van der Waals surface area (Å²) in [5.74, 6) is -0.415. The second-order valence-corrected chi connectivity index (χ2v) is 4.53. The number of hydrogen-bond acceptors (Lipinski definition) is 2. The molecule has 1 unspecified atom stereocenters. The lowest BCUT2D eigenvalue weighted by Crippen LogP contribution is -2.34. The quantitative estimate of drug-likeness (QED) is 0.915. The number of alkyl halides is 3. The lowest BCUT2D eigenvalue weighted by atomic mass is 10.1. The largest absolute Gasteiger partial charge is 0.416 e. The van der Waals surface area contributed by atoms with Gasteiger partial charge in [-0.05, 0) is 17.7 Å². The number of halogens is 3. The van der Waals surface area contributed by atoms with Crippen LogP contribution < -0.4 is 5.73 Å². The highest BCUT2D eigenvalue weighted by Crippen LogP contribution is 2.29. The zero-order chi connectivity index (χ0) is 14.6. The molecule has 1 aromatic rings. The van der Waals surface area contributed by atoms with Crippen LogP contribution >= 0.6 is 0 Å². The molecule has 0 saturated carbocycles. The van der Waals surface area contributed by atoms with Crippen LogP contribution in [0.1, 0.15) is 18.1 Å². The van der Waals surface area contributed by atoms with Gasteiger partial charge in [0, 0.05) is 26.1 Å². The summed E-state index contributed by atoms with van der Waals surface area (Å²) in [6.45, 7) is 2.23. The van der Waals surface area contributed by atoms with Crippen LogP contribution in [-0.4, -0.2) is 24.4 Å². The molecule has 0 aliphatic heterocycles. The van der Waals surface area contributed by atoms with Gasteiger partial charge in [-0.2, -0.15) is 13.2 Å². The van der Waals surface area contributed by atoms with Crippen LogP contribution in [0, 0.1) is 5.92 Å². The number of amides is 1. The molecule has 106 valence electrons. The maximum Gasteiger partial charge on any atom is 0.416 e. The van der Waals surface area contributed by atoms with Crippen LogP contribution in [0.4, 0.5) is 13.2 Å². The smallest absolute Gasteiger partial charge is 0.341 e. The molecule has 19 heavy (non-hydrogen) atoms. The molecule has 0 aliphatic carbocycles. The average Bonchev–Trinajstić information content (AvgIpc) is 2.36. The summed E-state index contributed by atoms with van der Waals surface area (Å²) in [6, 6.07) is 4.78. The Hall–Kier alpha value is -1.56. The molecule has 0 fully saturated rings. The Morgan fingerprint density at radius 2 is 1.84 bits per heavy atom. The molecular weight excluding hydrogens is 257 g/mol. The molecule has 0 saturated heterocycles. The van der Waals surface area contributed by atoms with Crippen molar-refractivity contribution in [2.24, 2.45) is 11.7 Å². The molecule has 0 radical (unpaired) electrons. The highest BCUT2D eigenvalue weighted by atomic mass is 19.4. The second kappa shape index (κ2) is 6.06. The highest BCUT2D eigenvalue weighted by molar-refractivity contribution is 5.78. The summed E-state index contributed by atoms with van der Waals surface area (Å²) in [5.41, 5.74) is 5.35. The summed E-state index contributed by atoms with van der Waals surface area (Å²) in [5, 5.41) is 0. The third-order valence-corrected chi connectivity index (χ3v) is 2.85. The molecule has 6 heteroatoms.